The zero-order valence-electron chi connectivity index (χ0n) is 11.3. The van der Waals surface area contributed by atoms with Gasteiger partial charge < -0.3 is 4.74 Å². The highest BCUT2D eigenvalue weighted by Crippen LogP contribution is 2.40. The molecule has 0 amide bonds. The minimum absolute atomic E-state index is 0.149. The van der Waals surface area contributed by atoms with Gasteiger partial charge in [0.15, 0.2) is 0 Å². The molecule has 1 aromatic carbocycles. The topological polar surface area (TPSA) is 47.3 Å². The van der Waals surface area contributed by atoms with E-state index in [2.05, 4.69) is 17.1 Å². The highest BCUT2D eigenvalue weighted by molar-refractivity contribution is 5.31. The van der Waals surface area contributed by atoms with Crippen molar-refractivity contribution in [3.05, 3.63) is 29.8 Å². The average Bonchev–Trinajstić information content (AvgIpc) is 2.75. The van der Waals surface area contributed by atoms with E-state index in [1.165, 1.54) is 12.1 Å². The highest BCUT2D eigenvalue weighted by atomic mass is 19.4. The molecule has 0 radical (unpaired) electrons. The van der Waals surface area contributed by atoms with Gasteiger partial charge >= 0.3 is 6.36 Å². The van der Waals surface area contributed by atoms with Crippen LogP contribution in [0.25, 0.3) is 0 Å². The van der Waals surface area contributed by atoms with Crippen molar-refractivity contribution >= 4 is 0 Å². The Balaban J connectivity index is 2.19. The van der Waals surface area contributed by atoms with Crippen molar-refractivity contribution in [3.63, 3.8) is 0 Å². The van der Waals surface area contributed by atoms with Crippen molar-refractivity contribution in [3.8, 4) is 5.75 Å². The van der Waals surface area contributed by atoms with Crippen molar-refractivity contribution in [2.75, 3.05) is 0 Å². The fourth-order valence-electron chi connectivity index (χ4n) is 3.04. The maximum Gasteiger partial charge on any atom is 0.573 e. The molecule has 6 heteroatoms. The first-order valence-corrected chi connectivity index (χ1v) is 6.72. The third-order valence-corrected chi connectivity index (χ3v) is 3.99. The van der Waals surface area contributed by atoms with E-state index in [9.17, 15) is 13.2 Å². The van der Waals surface area contributed by atoms with E-state index in [0.29, 0.717) is 11.8 Å². The molecule has 2 rings (SSSR count). The number of rotatable bonds is 4. The summed E-state index contributed by atoms with van der Waals surface area (Å²) >= 11 is 0. The van der Waals surface area contributed by atoms with Gasteiger partial charge in [-0.1, -0.05) is 31.9 Å². The van der Waals surface area contributed by atoms with Crippen LogP contribution in [-0.4, -0.2) is 6.36 Å². The predicted molar refractivity (Wildman–Crippen MR) is 69.7 cm³/mol. The lowest BCUT2D eigenvalue weighted by Gasteiger charge is -2.27. The molecule has 0 spiro atoms. The fourth-order valence-corrected chi connectivity index (χ4v) is 3.04. The second-order valence-corrected chi connectivity index (χ2v) is 5.34. The first-order valence-electron chi connectivity index (χ1n) is 6.72. The molecule has 0 heterocycles. The first kappa shape index (κ1) is 15.1. The van der Waals surface area contributed by atoms with Crippen LogP contribution >= 0.6 is 0 Å². The highest BCUT2D eigenvalue weighted by Gasteiger charge is 2.33. The normalized spacial score (nSPS) is 24.6. The molecule has 112 valence electrons. The molecule has 1 fully saturated rings. The third-order valence-electron chi connectivity index (χ3n) is 3.99. The van der Waals surface area contributed by atoms with E-state index in [4.69, 9.17) is 5.84 Å². The van der Waals surface area contributed by atoms with Crippen LogP contribution in [0.4, 0.5) is 13.2 Å². The number of hydrazine groups is 1. The summed E-state index contributed by atoms with van der Waals surface area (Å²) in [5.74, 6) is 6.24. The molecule has 3 nitrogen and oxygen atoms in total. The fraction of sp³-hybridized carbons (Fsp3) is 0.571. The molecule has 20 heavy (non-hydrogen) atoms. The van der Waals surface area contributed by atoms with Crippen LogP contribution in [0.5, 0.6) is 5.75 Å². The molecule has 0 aliphatic heterocycles. The maximum absolute atomic E-state index is 12.3. The number of nitrogens with one attached hydrogen (secondary N) is 1. The summed E-state index contributed by atoms with van der Waals surface area (Å²) in [6, 6.07) is 5.88. The number of halogens is 3. The maximum atomic E-state index is 12.3. The molecule has 0 aromatic heterocycles. The Bertz CT molecular complexity index is 450. The van der Waals surface area contributed by atoms with Gasteiger partial charge in [-0.05, 0) is 36.0 Å². The minimum Gasteiger partial charge on any atom is -0.406 e. The van der Waals surface area contributed by atoms with Gasteiger partial charge in [-0.2, -0.15) is 0 Å². The van der Waals surface area contributed by atoms with E-state index in [1.807, 2.05) is 0 Å². The van der Waals surface area contributed by atoms with E-state index in [1.54, 1.807) is 12.1 Å². The van der Waals surface area contributed by atoms with Gasteiger partial charge in [0.2, 0.25) is 0 Å². The van der Waals surface area contributed by atoms with Gasteiger partial charge in [0, 0.05) is 6.04 Å². The number of ether oxygens (including phenoxy) is 1. The molecule has 1 aliphatic carbocycles. The zero-order chi connectivity index (χ0) is 14.8. The summed E-state index contributed by atoms with van der Waals surface area (Å²) in [6.45, 7) is 2.15. The van der Waals surface area contributed by atoms with Gasteiger partial charge in [0.05, 0.1) is 0 Å². The van der Waals surface area contributed by atoms with E-state index >= 15 is 0 Å². The predicted octanol–water partition coefficient (Wildman–Crippen LogP) is 3.53. The molecule has 1 aromatic rings. The molecule has 3 N–H and O–H groups in total. The summed E-state index contributed by atoms with van der Waals surface area (Å²) in [5, 5.41) is 0. The number of hydrogen-bond acceptors (Lipinski definition) is 3. The molecular weight excluding hydrogens is 269 g/mol. The quantitative estimate of drug-likeness (QED) is 0.658. The first-order chi connectivity index (χ1) is 9.40. The molecule has 3 atom stereocenters. The van der Waals surface area contributed by atoms with Crippen LogP contribution in [0.3, 0.4) is 0 Å². The molecule has 1 saturated carbocycles. The average molecular weight is 288 g/mol. The smallest absolute Gasteiger partial charge is 0.406 e. The van der Waals surface area contributed by atoms with Crippen LogP contribution in [0.15, 0.2) is 24.3 Å². The van der Waals surface area contributed by atoms with E-state index < -0.39 is 6.36 Å². The second kappa shape index (κ2) is 6.01. The van der Waals surface area contributed by atoms with Crippen molar-refractivity contribution in [2.24, 2.45) is 17.7 Å². The summed E-state index contributed by atoms with van der Waals surface area (Å²) < 4.78 is 40.7. The summed E-state index contributed by atoms with van der Waals surface area (Å²) in [6.07, 6.45) is -1.39. The Morgan fingerprint density at radius 3 is 2.65 bits per heavy atom. The van der Waals surface area contributed by atoms with Gasteiger partial charge in [-0.25, -0.2) is 0 Å². The lowest BCUT2D eigenvalue weighted by atomic mass is 9.86. The molecule has 0 bridgehead atoms. The van der Waals surface area contributed by atoms with Crippen LogP contribution in [-0.2, 0) is 0 Å². The van der Waals surface area contributed by atoms with Crippen LogP contribution in [0.1, 0.15) is 37.8 Å². The number of alkyl halides is 3. The van der Waals surface area contributed by atoms with E-state index in [-0.39, 0.29) is 11.8 Å². The van der Waals surface area contributed by atoms with Crippen molar-refractivity contribution < 1.29 is 17.9 Å². The van der Waals surface area contributed by atoms with Crippen LogP contribution in [0, 0.1) is 11.8 Å². The monoisotopic (exact) mass is 288 g/mol. The van der Waals surface area contributed by atoms with Crippen molar-refractivity contribution in [1.82, 2.24) is 5.43 Å². The van der Waals surface area contributed by atoms with Crippen molar-refractivity contribution in [2.45, 2.75) is 38.6 Å². The Hall–Kier alpha value is -1.27. The Morgan fingerprint density at radius 2 is 2.10 bits per heavy atom. The van der Waals surface area contributed by atoms with Gasteiger partial charge in [0.1, 0.15) is 5.75 Å². The number of hydrogen-bond donors (Lipinski definition) is 2. The summed E-state index contributed by atoms with van der Waals surface area (Å²) in [7, 11) is 0. The van der Waals surface area contributed by atoms with Gasteiger partial charge in [-0.15, -0.1) is 13.2 Å². The Morgan fingerprint density at radius 1 is 1.35 bits per heavy atom. The van der Waals surface area contributed by atoms with Gasteiger partial charge in [0.25, 0.3) is 0 Å². The Labute approximate surface area is 116 Å². The van der Waals surface area contributed by atoms with Crippen molar-refractivity contribution in [1.29, 1.82) is 0 Å². The molecule has 3 unspecified atom stereocenters. The summed E-state index contributed by atoms with van der Waals surface area (Å²) in [4.78, 5) is 0. The minimum atomic E-state index is -4.68. The van der Waals surface area contributed by atoms with Gasteiger partial charge in [-0.3, -0.25) is 11.3 Å². The second-order valence-electron chi connectivity index (χ2n) is 5.34. The number of nitrogens with two attached hydrogens (primary N) is 1. The lowest BCUT2D eigenvalue weighted by Crippen LogP contribution is -2.34. The molecule has 1 aliphatic rings. The van der Waals surface area contributed by atoms with E-state index in [0.717, 1.165) is 24.8 Å². The summed E-state index contributed by atoms with van der Waals surface area (Å²) in [5.41, 5.74) is 3.47. The largest absolute Gasteiger partial charge is 0.573 e. The lowest BCUT2D eigenvalue weighted by molar-refractivity contribution is -0.274. The SMILES string of the molecule is CC1CCCC1C(NN)c1cccc(OC(F)(F)F)c1. The van der Waals surface area contributed by atoms with Crippen LogP contribution in [0.2, 0.25) is 0 Å². The third kappa shape index (κ3) is 3.64. The Kier molecular flexibility index (Phi) is 4.55. The zero-order valence-corrected chi connectivity index (χ0v) is 11.3. The molecular formula is C14H19F3N2O. The molecule has 0 saturated heterocycles. The number of benzene rings is 1. The standard InChI is InChI=1S/C14H19F3N2O/c1-9-4-2-7-12(9)13(19-18)10-5-3-6-11(8-10)20-14(15,16)17/h3,5-6,8-9,12-13,19H,2,4,7,18H2,1H3. The van der Waals surface area contributed by atoms with Crippen LogP contribution < -0.4 is 16.0 Å².